The summed E-state index contributed by atoms with van der Waals surface area (Å²) in [6, 6.07) is 13.2. The minimum Gasteiger partial charge on any atom is -0.348 e. The standard InChI is InChI=1S/C20H25N3O3S/c1-14-6-8-17(9-7-14)23-27(25,26)18-5-3-4-16(12-18)20(24)22-19-13-21-11-10-15(19)2/h3-9,12,15,19,21,23H,10-11,13H2,1-2H3,(H,22,24). The Morgan fingerprint density at radius 1 is 1.15 bits per heavy atom. The van der Waals surface area contributed by atoms with E-state index in [-0.39, 0.29) is 16.8 Å². The van der Waals surface area contributed by atoms with Gasteiger partial charge in [0.25, 0.3) is 15.9 Å². The highest BCUT2D eigenvalue weighted by Gasteiger charge is 2.24. The summed E-state index contributed by atoms with van der Waals surface area (Å²) in [6.07, 6.45) is 1.000. The third kappa shape index (κ3) is 4.87. The molecule has 7 heteroatoms. The monoisotopic (exact) mass is 387 g/mol. The summed E-state index contributed by atoms with van der Waals surface area (Å²) >= 11 is 0. The van der Waals surface area contributed by atoms with E-state index in [1.807, 2.05) is 19.1 Å². The zero-order valence-corrected chi connectivity index (χ0v) is 16.3. The SMILES string of the molecule is Cc1ccc(NS(=O)(=O)c2cccc(C(=O)NC3CNCCC3C)c2)cc1. The maximum absolute atomic E-state index is 12.7. The molecule has 0 radical (unpaired) electrons. The molecule has 1 fully saturated rings. The molecule has 3 N–H and O–H groups in total. The number of benzene rings is 2. The third-order valence-electron chi connectivity index (χ3n) is 4.85. The first-order chi connectivity index (χ1) is 12.8. The fourth-order valence-corrected chi connectivity index (χ4v) is 4.18. The van der Waals surface area contributed by atoms with Crippen LogP contribution in [0.2, 0.25) is 0 Å². The Hall–Kier alpha value is -2.38. The summed E-state index contributed by atoms with van der Waals surface area (Å²) in [6.45, 7) is 5.72. The number of hydrogen-bond donors (Lipinski definition) is 3. The van der Waals surface area contributed by atoms with Gasteiger partial charge in [-0.15, -0.1) is 0 Å². The van der Waals surface area contributed by atoms with Gasteiger partial charge < -0.3 is 10.6 Å². The average molecular weight is 388 g/mol. The summed E-state index contributed by atoms with van der Waals surface area (Å²) in [7, 11) is -3.77. The molecule has 0 bridgehead atoms. The molecule has 3 rings (SSSR count). The fraction of sp³-hybridized carbons (Fsp3) is 0.350. The Kier molecular flexibility index (Phi) is 5.82. The van der Waals surface area contributed by atoms with E-state index in [0.717, 1.165) is 25.1 Å². The molecule has 0 aliphatic carbocycles. The maximum Gasteiger partial charge on any atom is 0.261 e. The van der Waals surface area contributed by atoms with Crippen molar-refractivity contribution in [1.82, 2.24) is 10.6 Å². The number of hydrogen-bond acceptors (Lipinski definition) is 4. The van der Waals surface area contributed by atoms with E-state index in [1.54, 1.807) is 24.3 Å². The van der Waals surface area contributed by atoms with Crippen LogP contribution in [0, 0.1) is 12.8 Å². The molecule has 2 aromatic carbocycles. The van der Waals surface area contributed by atoms with Crippen molar-refractivity contribution in [3.63, 3.8) is 0 Å². The molecule has 1 amide bonds. The van der Waals surface area contributed by atoms with Crippen LogP contribution < -0.4 is 15.4 Å². The van der Waals surface area contributed by atoms with Crippen molar-refractivity contribution in [1.29, 1.82) is 0 Å². The number of sulfonamides is 1. The number of amides is 1. The molecular weight excluding hydrogens is 362 g/mol. The number of anilines is 1. The lowest BCUT2D eigenvalue weighted by Crippen LogP contribution is -2.50. The Morgan fingerprint density at radius 3 is 2.59 bits per heavy atom. The maximum atomic E-state index is 12.7. The van der Waals surface area contributed by atoms with Gasteiger partial charge in [0.2, 0.25) is 0 Å². The molecule has 2 atom stereocenters. The number of carbonyl (C=O) groups is 1. The number of aryl methyl sites for hydroxylation is 1. The lowest BCUT2D eigenvalue weighted by atomic mass is 9.94. The summed E-state index contributed by atoms with van der Waals surface area (Å²) < 4.78 is 27.8. The number of nitrogens with one attached hydrogen (secondary N) is 3. The molecule has 6 nitrogen and oxygen atoms in total. The van der Waals surface area contributed by atoms with Crippen LogP contribution in [-0.4, -0.2) is 33.5 Å². The van der Waals surface area contributed by atoms with Gasteiger partial charge in [-0.2, -0.15) is 0 Å². The van der Waals surface area contributed by atoms with E-state index in [1.165, 1.54) is 12.1 Å². The molecule has 1 saturated heterocycles. The number of rotatable bonds is 5. The van der Waals surface area contributed by atoms with E-state index in [9.17, 15) is 13.2 Å². The predicted molar refractivity (Wildman–Crippen MR) is 106 cm³/mol. The highest BCUT2D eigenvalue weighted by atomic mass is 32.2. The molecule has 144 valence electrons. The van der Waals surface area contributed by atoms with Gasteiger partial charge >= 0.3 is 0 Å². The largest absolute Gasteiger partial charge is 0.348 e. The van der Waals surface area contributed by atoms with Crippen LogP contribution in [0.1, 0.15) is 29.3 Å². The van der Waals surface area contributed by atoms with Crippen molar-refractivity contribution < 1.29 is 13.2 Å². The Labute approximate surface area is 160 Å². The van der Waals surface area contributed by atoms with Crippen LogP contribution in [0.5, 0.6) is 0 Å². The van der Waals surface area contributed by atoms with Gasteiger partial charge in [0.15, 0.2) is 0 Å². The molecule has 2 aromatic rings. The predicted octanol–water partition coefficient (Wildman–Crippen LogP) is 2.52. The zero-order valence-electron chi connectivity index (χ0n) is 15.5. The summed E-state index contributed by atoms with van der Waals surface area (Å²) in [5.74, 6) is 0.119. The van der Waals surface area contributed by atoms with Crippen LogP contribution >= 0.6 is 0 Å². The van der Waals surface area contributed by atoms with Crippen LogP contribution in [-0.2, 0) is 10.0 Å². The lowest BCUT2D eigenvalue weighted by molar-refractivity contribution is 0.0915. The number of carbonyl (C=O) groups excluding carboxylic acids is 1. The zero-order chi connectivity index (χ0) is 19.4. The normalized spacial score (nSPS) is 20.1. The van der Waals surface area contributed by atoms with E-state index < -0.39 is 10.0 Å². The topological polar surface area (TPSA) is 87.3 Å². The van der Waals surface area contributed by atoms with E-state index in [2.05, 4.69) is 22.3 Å². The second kappa shape index (κ2) is 8.10. The summed E-state index contributed by atoms with van der Waals surface area (Å²) in [5.41, 5.74) is 1.86. The molecule has 27 heavy (non-hydrogen) atoms. The van der Waals surface area contributed by atoms with Crippen molar-refractivity contribution in [2.24, 2.45) is 5.92 Å². The first-order valence-electron chi connectivity index (χ1n) is 9.06. The van der Waals surface area contributed by atoms with Crippen LogP contribution in [0.3, 0.4) is 0 Å². The summed E-state index contributed by atoms with van der Waals surface area (Å²) in [5, 5.41) is 6.27. The number of piperidine rings is 1. The molecule has 1 aliphatic rings. The van der Waals surface area contributed by atoms with E-state index >= 15 is 0 Å². The van der Waals surface area contributed by atoms with E-state index in [0.29, 0.717) is 17.2 Å². The fourth-order valence-electron chi connectivity index (χ4n) is 3.07. The quantitative estimate of drug-likeness (QED) is 0.736. The molecule has 0 spiro atoms. The highest BCUT2D eigenvalue weighted by Crippen LogP contribution is 2.18. The van der Waals surface area contributed by atoms with Crippen LogP contribution in [0.4, 0.5) is 5.69 Å². The molecule has 2 unspecified atom stereocenters. The smallest absolute Gasteiger partial charge is 0.261 e. The van der Waals surface area contributed by atoms with Gasteiger partial charge in [-0.1, -0.05) is 30.7 Å². The highest BCUT2D eigenvalue weighted by molar-refractivity contribution is 7.92. The molecule has 0 aromatic heterocycles. The van der Waals surface area contributed by atoms with Crippen molar-refractivity contribution >= 4 is 21.6 Å². The van der Waals surface area contributed by atoms with Crippen molar-refractivity contribution in [2.45, 2.75) is 31.2 Å². The van der Waals surface area contributed by atoms with Gasteiger partial charge in [-0.25, -0.2) is 8.42 Å². The van der Waals surface area contributed by atoms with Gasteiger partial charge in [0.05, 0.1) is 4.90 Å². The Bertz CT molecular complexity index is 910. The van der Waals surface area contributed by atoms with Gasteiger partial charge in [-0.05, 0) is 56.1 Å². The van der Waals surface area contributed by atoms with Gasteiger partial charge in [0.1, 0.15) is 0 Å². The van der Waals surface area contributed by atoms with Crippen LogP contribution in [0.15, 0.2) is 53.4 Å². The summed E-state index contributed by atoms with van der Waals surface area (Å²) in [4.78, 5) is 12.6. The minimum atomic E-state index is -3.77. The molecule has 1 aliphatic heterocycles. The second-order valence-corrected chi connectivity index (χ2v) is 8.73. The molecule has 1 heterocycles. The third-order valence-corrected chi connectivity index (χ3v) is 6.23. The Balaban J connectivity index is 1.75. The molecular formula is C20H25N3O3S. The van der Waals surface area contributed by atoms with Gasteiger partial charge in [-0.3, -0.25) is 9.52 Å². The molecule has 0 saturated carbocycles. The first kappa shape index (κ1) is 19.4. The van der Waals surface area contributed by atoms with Crippen molar-refractivity contribution in [3.8, 4) is 0 Å². The minimum absolute atomic E-state index is 0.0391. The van der Waals surface area contributed by atoms with E-state index in [4.69, 9.17) is 0 Å². The van der Waals surface area contributed by atoms with Crippen molar-refractivity contribution in [2.75, 3.05) is 17.8 Å². The van der Waals surface area contributed by atoms with Gasteiger partial charge in [0, 0.05) is 23.8 Å². The van der Waals surface area contributed by atoms with Crippen LogP contribution in [0.25, 0.3) is 0 Å². The Morgan fingerprint density at radius 2 is 1.89 bits per heavy atom. The first-order valence-corrected chi connectivity index (χ1v) is 10.5. The lowest BCUT2D eigenvalue weighted by Gasteiger charge is -2.30. The second-order valence-electron chi connectivity index (χ2n) is 7.05. The average Bonchev–Trinajstić information content (AvgIpc) is 2.65. The van der Waals surface area contributed by atoms with Crippen molar-refractivity contribution in [3.05, 3.63) is 59.7 Å².